The Kier molecular flexibility index (Phi) is 6.02. The van der Waals surface area contributed by atoms with Crippen molar-refractivity contribution >= 4 is 11.6 Å². The molecule has 0 saturated heterocycles. The van der Waals surface area contributed by atoms with Crippen LogP contribution in [-0.4, -0.2) is 48.6 Å². The van der Waals surface area contributed by atoms with E-state index in [-0.39, 0.29) is 5.41 Å². The van der Waals surface area contributed by atoms with Crippen LogP contribution in [0.5, 0.6) is 0 Å². The van der Waals surface area contributed by atoms with Crippen LogP contribution in [0.25, 0.3) is 0 Å². The van der Waals surface area contributed by atoms with Gasteiger partial charge in [0.05, 0.1) is 0 Å². The van der Waals surface area contributed by atoms with E-state index in [0.717, 1.165) is 37.7 Å². The molecule has 0 bridgehead atoms. The van der Waals surface area contributed by atoms with Crippen LogP contribution in [0.4, 0.5) is 11.6 Å². The molecule has 1 aromatic heterocycles. The Morgan fingerprint density at radius 2 is 1.79 bits per heavy atom. The van der Waals surface area contributed by atoms with Gasteiger partial charge in [-0.15, -0.1) is 0 Å². The van der Waals surface area contributed by atoms with Crippen LogP contribution in [0, 0.1) is 5.41 Å². The zero-order chi connectivity index (χ0) is 14.3. The van der Waals surface area contributed by atoms with Crippen LogP contribution in [0.1, 0.15) is 27.2 Å². The van der Waals surface area contributed by atoms with Crippen LogP contribution in [-0.2, 0) is 0 Å². The Labute approximate surface area is 116 Å². The summed E-state index contributed by atoms with van der Waals surface area (Å²) in [4.78, 5) is 10.7. The quantitative estimate of drug-likeness (QED) is 0.755. The molecule has 0 amide bonds. The Morgan fingerprint density at radius 1 is 1.16 bits per heavy atom. The summed E-state index contributed by atoms with van der Waals surface area (Å²) in [5.74, 6) is 1.75. The normalized spacial score (nSPS) is 11.7. The fourth-order valence-electron chi connectivity index (χ4n) is 2.05. The zero-order valence-corrected chi connectivity index (χ0v) is 12.8. The van der Waals surface area contributed by atoms with Gasteiger partial charge in [0.2, 0.25) is 0 Å². The largest absolute Gasteiger partial charge is 0.370 e. The molecule has 108 valence electrons. The van der Waals surface area contributed by atoms with Gasteiger partial charge in [0, 0.05) is 25.7 Å². The van der Waals surface area contributed by atoms with Gasteiger partial charge in [-0.2, -0.15) is 0 Å². The SMILES string of the molecule is CCCNc1cc(NCC(C)(C)CN(C)C)ncn1. The summed E-state index contributed by atoms with van der Waals surface area (Å²) in [6.07, 6.45) is 2.68. The Balaban J connectivity index is 2.52. The van der Waals surface area contributed by atoms with Gasteiger partial charge >= 0.3 is 0 Å². The molecule has 0 fully saturated rings. The standard InChI is InChI=1S/C14H27N5/c1-6-7-15-12-8-13(18-11-17-12)16-9-14(2,3)10-19(4)5/h8,11H,6-7,9-10H2,1-5H3,(H2,15,16,17,18). The van der Waals surface area contributed by atoms with Gasteiger partial charge in [-0.3, -0.25) is 0 Å². The van der Waals surface area contributed by atoms with E-state index in [1.807, 2.05) is 6.07 Å². The second kappa shape index (κ2) is 7.28. The zero-order valence-electron chi connectivity index (χ0n) is 12.8. The average Bonchev–Trinajstić information content (AvgIpc) is 2.33. The summed E-state index contributed by atoms with van der Waals surface area (Å²) in [6, 6.07) is 1.96. The number of nitrogens with zero attached hydrogens (tertiary/aromatic N) is 3. The molecular weight excluding hydrogens is 238 g/mol. The predicted octanol–water partition coefficient (Wildman–Crippen LogP) is 2.30. The van der Waals surface area contributed by atoms with Crippen molar-refractivity contribution in [2.45, 2.75) is 27.2 Å². The fraction of sp³-hybridized carbons (Fsp3) is 0.714. The van der Waals surface area contributed by atoms with E-state index >= 15 is 0 Å². The van der Waals surface area contributed by atoms with E-state index in [2.05, 4.69) is 60.4 Å². The summed E-state index contributed by atoms with van der Waals surface area (Å²) < 4.78 is 0. The summed E-state index contributed by atoms with van der Waals surface area (Å²) in [5, 5.41) is 6.65. The highest BCUT2D eigenvalue weighted by atomic mass is 15.1. The monoisotopic (exact) mass is 265 g/mol. The molecule has 0 aliphatic rings. The van der Waals surface area contributed by atoms with Gasteiger partial charge < -0.3 is 15.5 Å². The summed E-state index contributed by atoms with van der Waals surface area (Å²) in [5.41, 5.74) is 0.200. The molecule has 0 saturated carbocycles. The van der Waals surface area contributed by atoms with Crippen molar-refractivity contribution < 1.29 is 0 Å². The molecule has 0 aliphatic carbocycles. The highest BCUT2D eigenvalue weighted by molar-refractivity contribution is 5.46. The van der Waals surface area contributed by atoms with E-state index in [1.165, 1.54) is 0 Å². The van der Waals surface area contributed by atoms with E-state index < -0.39 is 0 Å². The van der Waals surface area contributed by atoms with Gasteiger partial charge in [0.1, 0.15) is 18.0 Å². The molecule has 19 heavy (non-hydrogen) atoms. The van der Waals surface area contributed by atoms with Crippen molar-refractivity contribution in [2.75, 3.05) is 44.4 Å². The molecule has 0 atom stereocenters. The van der Waals surface area contributed by atoms with Gasteiger partial charge in [-0.1, -0.05) is 20.8 Å². The lowest BCUT2D eigenvalue weighted by molar-refractivity contribution is 0.254. The first-order valence-corrected chi connectivity index (χ1v) is 6.87. The molecule has 0 aromatic carbocycles. The van der Waals surface area contributed by atoms with E-state index in [0.29, 0.717) is 0 Å². The lowest BCUT2D eigenvalue weighted by atomic mass is 9.93. The fourth-order valence-corrected chi connectivity index (χ4v) is 2.05. The van der Waals surface area contributed by atoms with Crippen molar-refractivity contribution in [1.82, 2.24) is 14.9 Å². The van der Waals surface area contributed by atoms with E-state index in [9.17, 15) is 0 Å². The van der Waals surface area contributed by atoms with Crippen LogP contribution < -0.4 is 10.6 Å². The van der Waals surface area contributed by atoms with E-state index in [4.69, 9.17) is 0 Å². The van der Waals surface area contributed by atoms with Gasteiger partial charge in [0.15, 0.2) is 0 Å². The number of aromatic nitrogens is 2. The van der Waals surface area contributed by atoms with Crippen LogP contribution >= 0.6 is 0 Å². The van der Waals surface area contributed by atoms with Crippen molar-refractivity contribution in [1.29, 1.82) is 0 Å². The molecular formula is C14H27N5. The van der Waals surface area contributed by atoms with Crippen molar-refractivity contribution in [3.8, 4) is 0 Å². The number of nitrogens with one attached hydrogen (secondary N) is 2. The third kappa shape index (κ3) is 6.38. The Morgan fingerprint density at radius 3 is 2.37 bits per heavy atom. The molecule has 1 heterocycles. The lowest BCUT2D eigenvalue weighted by Gasteiger charge is -2.28. The van der Waals surface area contributed by atoms with Crippen LogP contribution in [0.2, 0.25) is 0 Å². The van der Waals surface area contributed by atoms with Crippen molar-refractivity contribution in [2.24, 2.45) is 5.41 Å². The molecule has 2 N–H and O–H groups in total. The van der Waals surface area contributed by atoms with Gasteiger partial charge in [-0.25, -0.2) is 9.97 Å². The van der Waals surface area contributed by atoms with Crippen molar-refractivity contribution in [3.63, 3.8) is 0 Å². The summed E-state index contributed by atoms with van der Waals surface area (Å²) in [7, 11) is 4.19. The first-order chi connectivity index (χ1) is 8.93. The summed E-state index contributed by atoms with van der Waals surface area (Å²) in [6.45, 7) is 9.48. The molecule has 0 radical (unpaired) electrons. The minimum atomic E-state index is 0.200. The topological polar surface area (TPSA) is 53.1 Å². The second-order valence-corrected chi connectivity index (χ2v) is 5.97. The third-order valence-electron chi connectivity index (χ3n) is 2.72. The minimum Gasteiger partial charge on any atom is -0.370 e. The average molecular weight is 265 g/mol. The highest BCUT2D eigenvalue weighted by Crippen LogP contribution is 2.17. The van der Waals surface area contributed by atoms with Crippen molar-refractivity contribution in [3.05, 3.63) is 12.4 Å². The van der Waals surface area contributed by atoms with Crippen LogP contribution in [0.3, 0.4) is 0 Å². The third-order valence-corrected chi connectivity index (χ3v) is 2.72. The smallest absolute Gasteiger partial charge is 0.131 e. The predicted molar refractivity (Wildman–Crippen MR) is 81.6 cm³/mol. The van der Waals surface area contributed by atoms with E-state index in [1.54, 1.807) is 6.33 Å². The van der Waals surface area contributed by atoms with Crippen LogP contribution in [0.15, 0.2) is 12.4 Å². The number of anilines is 2. The summed E-state index contributed by atoms with van der Waals surface area (Å²) >= 11 is 0. The maximum absolute atomic E-state index is 4.25. The number of rotatable bonds is 8. The molecule has 1 rings (SSSR count). The second-order valence-electron chi connectivity index (χ2n) is 5.97. The Bertz CT molecular complexity index is 376. The molecule has 5 nitrogen and oxygen atoms in total. The maximum atomic E-state index is 4.25. The maximum Gasteiger partial charge on any atom is 0.131 e. The molecule has 0 spiro atoms. The first kappa shape index (κ1) is 15.7. The first-order valence-electron chi connectivity index (χ1n) is 6.87. The lowest BCUT2D eigenvalue weighted by Crippen LogP contribution is -2.34. The van der Waals surface area contributed by atoms with Gasteiger partial charge in [-0.05, 0) is 25.9 Å². The van der Waals surface area contributed by atoms with Gasteiger partial charge in [0.25, 0.3) is 0 Å². The number of hydrogen-bond acceptors (Lipinski definition) is 5. The Hall–Kier alpha value is -1.36. The molecule has 5 heteroatoms. The highest BCUT2D eigenvalue weighted by Gasteiger charge is 2.18. The molecule has 0 aliphatic heterocycles. The minimum absolute atomic E-state index is 0.200. The molecule has 1 aromatic rings. The number of hydrogen-bond donors (Lipinski definition) is 2. The molecule has 0 unspecified atom stereocenters.